The number of benzene rings is 1. The second kappa shape index (κ2) is 4.35. The first-order valence-corrected chi connectivity index (χ1v) is 5.92. The SMILES string of the molecule is COc1cc(F)c(Cl)c(C2(N)CCCC2)c1O. The minimum absolute atomic E-state index is 0.0682. The number of rotatable bonds is 2. The fourth-order valence-electron chi connectivity index (χ4n) is 2.46. The van der Waals surface area contributed by atoms with Crippen molar-refractivity contribution in [1.82, 2.24) is 0 Å². The molecule has 0 spiro atoms. The Kier molecular flexibility index (Phi) is 3.19. The minimum atomic E-state index is -0.753. The summed E-state index contributed by atoms with van der Waals surface area (Å²) in [7, 11) is 1.37. The average Bonchev–Trinajstić information content (AvgIpc) is 2.71. The van der Waals surface area contributed by atoms with Crippen molar-refractivity contribution in [2.24, 2.45) is 5.73 Å². The Bertz CT molecular complexity index is 445. The number of aromatic hydroxyl groups is 1. The van der Waals surface area contributed by atoms with Gasteiger partial charge in [0.05, 0.1) is 12.1 Å². The molecule has 5 heteroatoms. The number of halogens is 2. The normalized spacial score (nSPS) is 18.4. The highest BCUT2D eigenvalue weighted by Gasteiger charge is 2.37. The first-order valence-electron chi connectivity index (χ1n) is 5.54. The van der Waals surface area contributed by atoms with Crippen LogP contribution in [0.3, 0.4) is 0 Å². The summed E-state index contributed by atoms with van der Waals surface area (Å²) in [5.41, 5.74) is 5.73. The first kappa shape index (κ1) is 12.5. The summed E-state index contributed by atoms with van der Waals surface area (Å²) in [4.78, 5) is 0. The Morgan fingerprint density at radius 2 is 2.06 bits per heavy atom. The van der Waals surface area contributed by atoms with Gasteiger partial charge in [0.25, 0.3) is 0 Å². The van der Waals surface area contributed by atoms with Gasteiger partial charge >= 0.3 is 0 Å². The number of phenolic OH excluding ortho intramolecular Hbond substituents is 1. The summed E-state index contributed by atoms with van der Waals surface area (Å²) in [5.74, 6) is -0.699. The lowest BCUT2D eigenvalue weighted by molar-refractivity contribution is 0.351. The number of methoxy groups -OCH3 is 1. The Morgan fingerprint density at radius 3 is 2.59 bits per heavy atom. The number of hydrogen-bond donors (Lipinski definition) is 2. The Balaban J connectivity index is 2.62. The van der Waals surface area contributed by atoms with E-state index in [2.05, 4.69) is 0 Å². The molecule has 17 heavy (non-hydrogen) atoms. The van der Waals surface area contributed by atoms with Crippen LogP contribution in [0.5, 0.6) is 11.5 Å². The number of nitrogens with two attached hydrogens (primary N) is 1. The molecule has 0 atom stereocenters. The van der Waals surface area contributed by atoms with Crippen molar-refractivity contribution >= 4 is 11.6 Å². The van der Waals surface area contributed by atoms with Gasteiger partial charge in [0.2, 0.25) is 0 Å². The van der Waals surface area contributed by atoms with E-state index in [1.165, 1.54) is 7.11 Å². The van der Waals surface area contributed by atoms with Gasteiger partial charge in [0.15, 0.2) is 11.5 Å². The topological polar surface area (TPSA) is 55.5 Å². The molecule has 0 saturated heterocycles. The van der Waals surface area contributed by atoms with Crippen LogP contribution < -0.4 is 10.5 Å². The first-order chi connectivity index (χ1) is 7.99. The van der Waals surface area contributed by atoms with Crippen molar-refractivity contribution in [2.45, 2.75) is 31.2 Å². The predicted octanol–water partition coefficient (Wildman–Crippen LogP) is 2.92. The van der Waals surface area contributed by atoms with Crippen LogP contribution in [0.4, 0.5) is 4.39 Å². The summed E-state index contributed by atoms with van der Waals surface area (Å²) in [5, 5.41) is 9.96. The smallest absolute Gasteiger partial charge is 0.164 e. The maximum atomic E-state index is 13.7. The van der Waals surface area contributed by atoms with Gasteiger partial charge in [-0.2, -0.15) is 0 Å². The molecule has 3 N–H and O–H groups in total. The highest BCUT2D eigenvalue weighted by atomic mass is 35.5. The summed E-state index contributed by atoms with van der Waals surface area (Å²) in [6.07, 6.45) is 3.27. The Morgan fingerprint density at radius 1 is 1.47 bits per heavy atom. The average molecular weight is 260 g/mol. The van der Waals surface area contributed by atoms with Gasteiger partial charge < -0.3 is 15.6 Å². The van der Waals surface area contributed by atoms with Crippen molar-refractivity contribution in [2.75, 3.05) is 7.11 Å². The molecule has 1 aromatic rings. The monoisotopic (exact) mass is 259 g/mol. The van der Waals surface area contributed by atoms with Gasteiger partial charge in [-0.1, -0.05) is 24.4 Å². The van der Waals surface area contributed by atoms with E-state index in [-0.39, 0.29) is 22.1 Å². The number of ether oxygens (including phenoxy) is 1. The van der Waals surface area contributed by atoms with E-state index in [1.807, 2.05) is 0 Å². The molecule has 1 fully saturated rings. The molecule has 1 saturated carbocycles. The minimum Gasteiger partial charge on any atom is -0.504 e. The maximum Gasteiger partial charge on any atom is 0.164 e. The zero-order valence-electron chi connectivity index (χ0n) is 9.59. The van der Waals surface area contributed by atoms with Gasteiger partial charge in [-0.3, -0.25) is 0 Å². The van der Waals surface area contributed by atoms with Gasteiger partial charge in [-0.25, -0.2) is 4.39 Å². The lowest BCUT2D eigenvalue weighted by Gasteiger charge is -2.27. The van der Waals surface area contributed by atoms with E-state index in [0.29, 0.717) is 12.8 Å². The van der Waals surface area contributed by atoms with E-state index in [0.717, 1.165) is 18.9 Å². The molecular weight excluding hydrogens is 245 g/mol. The molecule has 94 valence electrons. The quantitative estimate of drug-likeness (QED) is 0.859. The highest BCUT2D eigenvalue weighted by Crippen LogP contribution is 2.47. The van der Waals surface area contributed by atoms with Crippen LogP contribution in [0.15, 0.2) is 6.07 Å². The molecule has 1 aliphatic carbocycles. The highest BCUT2D eigenvalue weighted by molar-refractivity contribution is 6.32. The number of phenols is 1. The summed E-state index contributed by atoms with van der Waals surface area (Å²) < 4.78 is 18.6. The zero-order chi connectivity index (χ0) is 12.6. The van der Waals surface area contributed by atoms with Crippen LogP contribution in [0.25, 0.3) is 0 Å². The van der Waals surface area contributed by atoms with Crippen LogP contribution in [-0.4, -0.2) is 12.2 Å². The molecule has 0 aromatic heterocycles. The predicted molar refractivity (Wildman–Crippen MR) is 64.0 cm³/mol. The van der Waals surface area contributed by atoms with Gasteiger partial charge in [0, 0.05) is 17.2 Å². The van der Waals surface area contributed by atoms with Crippen molar-refractivity contribution < 1.29 is 14.2 Å². The third-order valence-electron chi connectivity index (χ3n) is 3.37. The third kappa shape index (κ3) is 1.96. The molecule has 2 rings (SSSR count). The van der Waals surface area contributed by atoms with E-state index in [4.69, 9.17) is 22.1 Å². The second-order valence-corrected chi connectivity index (χ2v) is 4.84. The van der Waals surface area contributed by atoms with Gasteiger partial charge in [0.1, 0.15) is 5.82 Å². The van der Waals surface area contributed by atoms with E-state index in [1.54, 1.807) is 0 Å². The lowest BCUT2D eigenvalue weighted by Crippen LogP contribution is -2.33. The van der Waals surface area contributed by atoms with Crippen LogP contribution in [0.1, 0.15) is 31.2 Å². The van der Waals surface area contributed by atoms with Crippen LogP contribution in [-0.2, 0) is 5.54 Å². The molecule has 0 heterocycles. The van der Waals surface area contributed by atoms with Crippen molar-refractivity contribution in [1.29, 1.82) is 0 Å². The largest absolute Gasteiger partial charge is 0.504 e. The van der Waals surface area contributed by atoms with E-state index >= 15 is 0 Å². The molecule has 1 aromatic carbocycles. The molecule has 1 aliphatic rings. The zero-order valence-corrected chi connectivity index (χ0v) is 10.4. The second-order valence-electron chi connectivity index (χ2n) is 4.46. The van der Waals surface area contributed by atoms with Gasteiger partial charge in [-0.15, -0.1) is 0 Å². The molecule has 0 unspecified atom stereocenters. The van der Waals surface area contributed by atoms with E-state index < -0.39 is 11.4 Å². The van der Waals surface area contributed by atoms with E-state index in [9.17, 15) is 9.50 Å². The molecule has 0 aliphatic heterocycles. The van der Waals surface area contributed by atoms with Crippen molar-refractivity contribution in [3.8, 4) is 11.5 Å². The van der Waals surface area contributed by atoms with Crippen LogP contribution >= 0.6 is 11.6 Å². The molecule has 0 radical (unpaired) electrons. The summed E-state index contributed by atoms with van der Waals surface area (Å²) >= 11 is 5.93. The Hall–Kier alpha value is -1.00. The fraction of sp³-hybridized carbons (Fsp3) is 0.500. The lowest BCUT2D eigenvalue weighted by atomic mass is 9.88. The van der Waals surface area contributed by atoms with Crippen LogP contribution in [0, 0.1) is 5.82 Å². The molecule has 0 bridgehead atoms. The van der Waals surface area contributed by atoms with Crippen molar-refractivity contribution in [3.05, 3.63) is 22.5 Å². The summed E-state index contributed by atoms with van der Waals surface area (Å²) in [6, 6.07) is 1.07. The molecule has 3 nitrogen and oxygen atoms in total. The summed E-state index contributed by atoms with van der Waals surface area (Å²) in [6.45, 7) is 0. The van der Waals surface area contributed by atoms with Crippen LogP contribution in [0.2, 0.25) is 5.02 Å². The maximum absolute atomic E-state index is 13.7. The standard InChI is InChI=1S/C12H15ClFNO2/c1-17-8-6-7(14)10(13)9(11(8)16)12(15)4-2-3-5-12/h6,16H,2-5,15H2,1H3. The van der Waals surface area contributed by atoms with Crippen molar-refractivity contribution in [3.63, 3.8) is 0 Å². The van der Waals surface area contributed by atoms with Gasteiger partial charge in [-0.05, 0) is 12.8 Å². The fourth-order valence-corrected chi connectivity index (χ4v) is 2.79. The number of hydrogen-bond acceptors (Lipinski definition) is 3. The molecule has 0 amide bonds. The Labute approximate surface area is 104 Å². The third-order valence-corrected chi connectivity index (χ3v) is 3.74. The molecular formula is C12H15ClFNO2.